The van der Waals surface area contributed by atoms with Crippen LogP contribution in [0.15, 0.2) is 95.4 Å². The average molecular weight is 734 g/mol. The largest absolute Gasteiger partial charge is 0.494 e. The summed E-state index contributed by atoms with van der Waals surface area (Å²) in [5.74, 6) is -0.949. The number of amides is 3. The molecule has 3 amide bonds. The van der Waals surface area contributed by atoms with Gasteiger partial charge in [0.2, 0.25) is 12.3 Å². The quantitative estimate of drug-likeness (QED) is 0.0189. The Kier molecular flexibility index (Phi) is 15.7. The van der Waals surface area contributed by atoms with Gasteiger partial charge in [0.15, 0.2) is 5.76 Å². The van der Waals surface area contributed by atoms with Crippen molar-refractivity contribution in [1.82, 2.24) is 15.7 Å². The van der Waals surface area contributed by atoms with Crippen LogP contribution >= 0.6 is 7.60 Å². The third kappa shape index (κ3) is 11.4. The van der Waals surface area contributed by atoms with Crippen molar-refractivity contribution in [2.45, 2.75) is 72.1 Å². The summed E-state index contributed by atoms with van der Waals surface area (Å²) in [5, 5.41) is 16.2. The number of unbranched alkanes of at least 4 members (excludes halogenated alkanes) is 2. The number of hydroxylamine groups is 2. The van der Waals surface area contributed by atoms with Crippen molar-refractivity contribution in [2.75, 3.05) is 13.3 Å². The van der Waals surface area contributed by atoms with E-state index in [0.717, 1.165) is 30.4 Å². The predicted octanol–water partition coefficient (Wildman–Crippen LogP) is 7.22. The molecule has 278 valence electrons. The Balaban J connectivity index is 1.52. The Morgan fingerprint density at radius 2 is 1.54 bits per heavy atom. The van der Waals surface area contributed by atoms with Gasteiger partial charge in [-0.05, 0) is 61.2 Å². The zero-order valence-electron chi connectivity index (χ0n) is 29.9. The van der Waals surface area contributed by atoms with E-state index in [0.29, 0.717) is 48.0 Å². The molecule has 0 spiro atoms. The number of nitrogens with one attached hydrogen (secondary N) is 2. The Morgan fingerprint density at radius 1 is 0.885 bits per heavy atom. The Morgan fingerprint density at radius 3 is 2.12 bits per heavy atom. The van der Waals surface area contributed by atoms with E-state index < -0.39 is 31.4 Å². The van der Waals surface area contributed by atoms with Crippen molar-refractivity contribution in [3.05, 3.63) is 108 Å². The molecule has 0 bridgehead atoms. The summed E-state index contributed by atoms with van der Waals surface area (Å²) in [5.41, 5.74) is 2.11. The number of carbonyl (C=O) groups excluding carboxylic acids is 3. The lowest BCUT2D eigenvalue weighted by molar-refractivity contribution is -0.168. The molecule has 0 aliphatic rings. The molecule has 0 aliphatic heterocycles. The molecule has 0 fully saturated rings. The third-order valence-corrected chi connectivity index (χ3v) is 10.2. The summed E-state index contributed by atoms with van der Waals surface area (Å²) in [6, 6.07) is 26.1. The Labute approximate surface area is 304 Å². The molecule has 0 aliphatic carbocycles. The molecule has 0 unspecified atom stereocenters. The number of benzene rings is 3. The molecule has 0 saturated carbocycles. The summed E-state index contributed by atoms with van der Waals surface area (Å²) in [7, 11) is -3.95. The first-order chi connectivity index (χ1) is 25.2. The number of hydrogen-bond donors (Lipinski definition) is 3. The van der Waals surface area contributed by atoms with Gasteiger partial charge < -0.3 is 28.8 Å². The van der Waals surface area contributed by atoms with Crippen LogP contribution in [0.4, 0.5) is 0 Å². The summed E-state index contributed by atoms with van der Waals surface area (Å²) in [6.45, 7) is 5.87. The van der Waals surface area contributed by atoms with Crippen LogP contribution in [0.1, 0.15) is 74.6 Å². The van der Waals surface area contributed by atoms with E-state index in [2.05, 4.69) is 10.6 Å². The van der Waals surface area contributed by atoms with Gasteiger partial charge in [-0.2, -0.15) is 0 Å². The lowest BCUT2D eigenvalue weighted by Crippen LogP contribution is -2.47. The number of carbonyl (C=O) groups is 3. The highest BCUT2D eigenvalue weighted by Crippen LogP contribution is 2.50. The summed E-state index contributed by atoms with van der Waals surface area (Å²) in [6.07, 6.45) is 3.75. The van der Waals surface area contributed by atoms with Gasteiger partial charge in [-0.1, -0.05) is 93.8 Å². The zero-order chi connectivity index (χ0) is 37.3. The maximum Gasteiger partial charge on any atom is 0.362 e. The summed E-state index contributed by atoms with van der Waals surface area (Å²) < 4.78 is 38.4. The van der Waals surface area contributed by atoms with E-state index in [-0.39, 0.29) is 30.9 Å². The van der Waals surface area contributed by atoms with Gasteiger partial charge in [-0.25, -0.2) is 5.06 Å². The molecule has 4 aromatic rings. The van der Waals surface area contributed by atoms with E-state index in [9.17, 15) is 24.2 Å². The second-order valence-corrected chi connectivity index (χ2v) is 14.1. The molecular formula is C39H48N3O9P. The van der Waals surface area contributed by atoms with Crippen LogP contribution in [0.3, 0.4) is 0 Å². The first-order valence-corrected chi connectivity index (χ1v) is 19.1. The van der Waals surface area contributed by atoms with E-state index in [4.69, 9.17) is 18.2 Å². The van der Waals surface area contributed by atoms with E-state index >= 15 is 0 Å². The van der Waals surface area contributed by atoms with Crippen LogP contribution in [-0.2, 0) is 36.4 Å². The van der Waals surface area contributed by atoms with Gasteiger partial charge in [-0.15, -0.1) is 0 Å². The van der Waals surface area contributed by atoms with Crippen molar-refractivity contribution in [3.63, 3.8) is 0 Å². The highest BCUT2D eigenvalue weighted by atomic mass is 31.2. The van der Waals surface area contributed by atoms with Crippen LogP contribution in [-0.4, -0.2) is 47.8 Å². The molecule has 1 aromatic heterocycles. The Hall–Kier alpha value is -4.74. The lowest BCUT2D eigenvalue weighted by atomic mass is 9.90. The van der Waals surface area contributed by atoms with Gasteiger partial charge >= 0.3 is 7.60 Å². The minimum atomic E-state index is -3.95. The number of ether oxygens (including phenoxy) is 1. The molecular weight excluding hydrogens is 685 g/mol. The van der Waals surface area contributed by atoms with E-state index in [1.807, 2.05) is 74.5 Å². The van der Waals surface area contributed by atoms with Crippen molar-refractivity contribution in [3.8, 4) is 17.1 Å². The molecule has 2 atom stereocenters. The lowest BCUT2D eigenvalue weighted by Gasteiger charge is -2.29. The highest BCUT2D eigenvalue weighted by Gasteiger charge is 2.32. The van der Waals surface area contributed by atoms with Crippen LogP contribution in [0.2, 0.25) is 0 Å². The smallest absolute Gasteiger partial charge is 0.362 e. The molecule has 4 rings (SSSR count). The number of furan rings is 1. The van der Waals surface area contributed by atoms with Crippen molar-refractivity contribution in [1.29, 1.82) is 0 Å². The second kappa shape index (κ2) is 20.3. The zero-order valence-corrected chi connectivity index (χ0v) is 30.8. The highest BCUT2D eigenvalue weighted by molar-refractivity contribution is 7.62. The fourth-order valence-corrected chi connectivity index (χ4v) is 7.27. The molecule has 3 aromatic carbocycles. The standard InChI is InChI=1S/C39H48N3O9P/c1-4-7-10-19-34(35(5-2)42(46)28-43)38(44)40-27-41-39(45)37-21-20-36(51-37)31-22-32(48-6-3)24-33(23-31)52(47,49-25-29-15-11-8-12-16-29)50-26-30-17-13-9-14-18-30/h8-9,11-18,20-24,28,34-35,46H,4-7,10,19,25-27H2,1-3H3,(H,40,44)(H,41,45)/t34-,35-/m1/s1. The van der Waals surface area contributed by atoms with Crippen molar-refractivity contribution >= 4 is 31.1 Å². The van der Waals surface area contributed by atoms with Crippen molar-refractivity contribution < 1.29 is 42.4 Å². The monoisotopic (exact) mass is 733 g/mol. The Bertz CT molecular complexity index is 1720. The SMILES string of the molecule is CCCCC[C@@H](C(=O)NCNC(=O)c1ccc(-c2cc(OCC)cc(P(=O)(OCc3ccccc3)OCc3ccccc3)c2)o1)[C@@H](CC)N(O)C=O. The van der Waals surface area contributed by atoms with Gasteiger partial charge in [0.1, 0.15) is 11.5 Å². The number of rotatable bonds is 22. The fourth-order valence-electron chi connectivity index (χ4n) is 5.68. The van der Waals surface area contributed by atoms with Gasteiger partial charge in [0, 0.05) is 5.56 Å². The van der Waals surface area contributed by atoms with Crippen LogP contribution in [0.5, 0.6) is 5.75 Å². The maximum atomic E-state index is 14.6. The fraction of sp³-hybridized carbons (Fsp3) is 0.359. The molecule has 13 heteroatoms. The summed E-state index contributed by atoms with van der Waals surface area (Å²) >= 11 is 0. The molecule has 0 saturated heterocycles. The molecule has 52 heavy (non-hydrogen) atoms. The predicted molar refractivity (Wildman–Crippen MR) is 197 cm³/mol. The number of nitrogens with zero attached hydrogens (tertiary/aromatic N) is 1. The van der Waals surface area contributed by atoms with Crippen LogP contribution in [0.25, 0.3) is 11.3 Å². The molecule has 0 radical (unpaired) electrons. The third-order valence-electron chi connectivity index (χ3n) is 8.42. The van der Waals surface area contributed by atoms with Crippen LogP contribution in [0, 0.1) is 5.92 Å². The first kappa shape index (κ1) is 40.0. The molecule has 3 N–H and O–H groups in total. The number of hydrogen-bond acceptors (Lipinski definition) is 9. The van der Waals surface area contributed by atoms with Gasteiger partial charge in [0.25, 0.3) is 5.91 Å². The van der Waals surface area contributed by atoms with Gasteiger partial charge in [-0.3, -0.25) is 24.2 Å². The van der Waals surface area contributed by atoms with Gasteiger partial charge in [0.05, 0.1) is 43.8 Å². The minimum absolute atomic E-state index is 0.0233. The summed E-state index contributed by atoms with van der Waals surface area (Å²) in [4.78, 5) is 37.4. The topological polar surface area (TPSA) is 157 Å². The minimum Gasteiger partial charge on any atom is -0.494 e. The normalized spacial score (nSPS) is 12.5. The molecule has 1 heterocycles. The van der Waals surface area contributed by atoms with Crippen LogP contribution < -0.4 is 20.7 Å². The molecule has 12 nitrogen and oxygen atoms in total. The second-order valence-electron chi connectivity index (χ2n) is 12.1. The first-order valence-electron chi connectivity index (χ1n) is 17.5. The van der Waals surface area contributed by atoms with Crippen molar-refractivity contribution in [2.24, 2.45) is 5.92 Å². The van der Waals surface area contributed by atoms with E-state index in [1.54, 1.807) is 31.2 Å². The van der Waals surface area contributed by atoms with E-state index in [1.165, 1.54) is 6.07 Å². The average Bonchev–Trinajstić information content (AvgIpc) is 3.67. The maximum absolute atomic E-state index is 14.6.